The van der Waals surface area contributed by atoms with Crippen molar-refractivity contribution >= 4 is 0 Å². The van der Waals surface area contributed by atoms with E-state index in [1.165, 1.54) is 12.1 Å². The molecule has 13 heavy (non-hydrogen) atoms. The van der Waals surface area contributed by atoms with Gasteiger partial charge in [0.2, 0.25) is 0 Å². The Morgan fingerprint density at radius 3 is 2.92 bits per heavy atom. The minimum atomic E-state index is -0.309. The summed E-state index contributed by atoms with van der Waals surface area (Å²) < 4.78 is 17.9. The number of benzene rings is 1. The van der Waals surface area contributed by atoms with Gasteiger partial charge in [-0.2, -0.15) is 0 Å². The third-order valence-electron chi connectivity index (χ3n) is 1.53. The van der Waals surface area contributed by atoms with Crippen molar-refractivity contribution in [2.75, 3.05) is 13.2 Å². The molecule has 0 aromatic heterocycles. The third-order valence-corrected chi connectivity index (χ3v) is 1.53. The number of rotatable bonds is 4. The lowest BCUT2D eigenvalue weighted by Crippen LogP contribution is -2.09. The molecule has 1 rings (SSSR count). The highest BCUT2D eigenvalue weighted by atomic mass is 19.1. The molecule has 0 aliphatic rings. The summed E-state index contributed by atoms with van der Waals surface area (Å²) in [5, 5.41) is 0. The van der Waals surface area contributed by atoms with E-state index in [1.807, 2.05) is 0 Å². The predicted molar refractivity (Wildman–Crippen MR) is 50.1 cm³/mol. The van der Waals surface area contributed by atoms with Gasteiger partial charge in [0.25, 0.3) is 0 Å². The lowest BCUT2D eigenvalue weighted by Gasteiger charge is -2.06. The molecule has 1 aromatic rings. The number of ether oxygens (including phenoxy) is 1. The van der Waals surface area contributed by atoms with E-state index in [-0.39, 0.29) is 5.82 Å². The van der Waals surface area contributed by atoms with Crippen molar-refractivity contribution in [3.63, 3.8) is 0 Å². The van der Waals surface area contributed by atoms with E-state index in [1.54, 1.807) is 12.1 Å². The molecule has 0 saturated heterocycles. The number of halogens is 1. The maximum Gasteiger partial charge on any atom is 0.126 e. The summed E-state index contributed by atoms with van der Waals surface area (Å²) in [5.74, 6) is 0.186. The van der Waals surface area contributed by atoms with Crippen LogP contribution in [0.3, 0.4) is 0 Å². The van der Waals surface area contributed by atoms with E-state index in [0.29, 0.717) is 18.9 Å². The van der Waals surface area contributed by atoms with E-state index >= 15 is 0 Å². The average Bonchev–Trinajstić information content (AvgIpc) is 2.14. The molecule has 0 aliphatic carbocycles. The van der Waals surface area contributed by atoms with Crippen LogP contribution in [0.4, 0.5) is 4.39 Å². The van der Waals surface area contributed by atoms with E-state index in [2.05, 4.69) is 6.58 Å². The monoisotopic (exact) mass is 181 g/mol. The highest BCUT2D eigenvalue weighted by Crippen LogP contribution is 2.12. The fraction of sp³-hybridized carbons (Fsp3) is 0.200. The molecule has 0 aliphatic heterocycles. The second-order valence-electron chi connectivity index (χ2n) is 2.70. The van der Waals surface area contributed by atoms with Crippen LogP contribution in [0.2, 0.25) is 0 Å². The molecule has 70 valence electrons. The molecule has 0 spiro atoms. The van der Waals surface area contributed by atoms with E-state index in [4.69, 9.17) is 10.5 Å². The van der Waals surface area contributed by atoms with Crippen LogP contribution >= 0.6 is 0 Å². The lowest BCUT2D eigenvalue weighted by atomic mass is 10.3. The van der Waals surface area contributed by atoms with Crippen LogP contribution in [0.1, 0.15) is 0 Å². The highest BCUT2D eigenvalue weighted by molar-refractivity contribution is 5.23. The van der Waals surface area contributed by atoms with Crippen molar-refractivity contribution in [2.24, 2.45) is 5.73 Å². The van der Waals surface area contributed by atoms with E-state index in [0.717, 1.165) is 5.57 Å². The normalized spacial score (nSPS) is 9.69. The molecule has 0 amide bonds. The zero-order valence-electron chi connectivity index (χ0n) is 7.29. The molecule has 0 unspecified atom stereocenters. The molecule has 3 heteroatoms. The summed E-state index contributed by atoms with van der Waals surface area (Å²) in [6.45, 7) is 4.38. The lowest BCUT2D eigenvalue weighted by molar-refractivity contribution is 0.349. The minimum absolute atomic E-state index is 0.309. The molecule has 0 radical (unpaired) electrons. The van der Waals surface area contributed by atoms with Gasteiger partial charge in [0.1, 0.15) is 18.2 Å². The topological polar surface area (TPSA) is 35.2 Å². The molecular formula is C10H12FNO. The second kappa shape index (κ2) is 4.62. The molecule has 0 saturated carbocycles. The molecule has 0 heterocycles. The summed E-state index contributed by atoms with van der Waals surface area (Å²) in [6.07, 6.45) is 0. The van der Waals surface area contributed by atoms with Crippen LogP contribution < -0.4 is 10.5 Å². The zero-order chi connectivity index (χ0) is 9.68. The number of hydrogen-bond acceptors (Lipinski definition) is 2. The second-order valence-corrected chi connectivity index (χ2v) is 2.70. The quantitative estimate of drug-likeness (QED) is 0.718. The largest absolute Gasteiger partial charge is 0.489 e. The van der Waals surface area contributed by atoms with Crippen molar-refractivity contribution in [3.8, 4) is 5.75 Å². The maximum atomic E-state index is 12.6. The third kappa shape index (κ3) is 3.25. The Balaban J connectivity index is 2.50. The van der Waals surface area contributed by atoms with Gasteiger partial charge in [0, 0.05) is 12.6 Å². The van der Waals surface area contributed by atoms with Crippen molar-refractivity contribution in [2.45, 2.75) is 0 Å². The Kier molecular flexibility index (Phi) is 3.46. The zero-order valence-corrected chi connectivity index (χ0v) is 7.29. The molecular weight excluding hydrogens is 169 g/mol. The van der Waals surface area contributed by atoms with Gasteiger partial charge in [-0.15, -0.1) is 0 Å². The molecule has 0 fully saturated rings. The minimum Gasteiger partial charge on any atom is -0.489 e. The average molecular weight is 181 g/mol. The van der Waals surface area contributed by atoms with Crippen LogP contribution in [0.25, 0.3) is 0 Å². The molecule has 0 atom stereocenters. The SMILES string of the molecule is C=C(CN)COc1cccc(F)c1. The standard InChI is InChI=1S/C10H12FNO/c1-8(6-12)7-13-10-4-2-3-9(11)5-10/h2-5H,1,6-7,12H2. The Hall–Kier alpha value is -1.35. The van der Waals surface area contributed by atoms with Gasteiger partial charge in [-0.05, 0) is 17.7 Å². The number of nitrogens with two attached hydrogens (primary N) is 1. The molecule has 1 aromatic carbocycles. The summed E-state index contributed by atoms with van der Waals surface area (Å²) in [4.78, 5) is 0. The Morgan fingerprint density at radius 2 is 2.31 bits per heavy atom. The van der Waals surface area contributed by atoms with Crippen LogP contribution in [0.15, 0.2) is 36.4 Å². The van der Waals surface area contributed by atoms with Gasteiger partial charge in [-0.25, -0.2) is 4.39 Å². The first-order valence-electron chi connectivity index (χ1n) is 3.97. The van der Waals surface area contributed by atoms with Gasteiger partial charge >= 0.3 is 0 Å². The van der Waals surface area contributed by atoms with Crippen molar-refractivity contribution in [1.82, 2.24) is 0 Å². The van der Waals surface area contributed by atoms with Crippen LogP contribution in [0.5, 0.6) is 5.75 Å². The molecule has 0 bridgehead atoms. The summed E-state index contributed by atoms with van der Waals surface area (Å²) in [5.41, 5.74) is 6.09. The molecule has 2 N–H and O–H groups in total. The number of hydrogen-bond donors (Lipinski definition) is 1. The van der Waals surface area contributed by atoms with Gasteiger partial charge < -0.3 is 10.5 Å². The van der Waals surface area contributed by atoms with E-state index in [9.17, 15) is 4.39 Å². The summed E-state index contributed by atoms with van der Waals surface area (Å²) in [7, 11) is 0. The van der Waals surface area contributed by atoms with Crippen LogP contribution in [0, 0.1) is 5.82 Å². The van der Waals surface area contributed by atoms with Crippen molar-refractivity contribution in [3.05, 3.63) is 42.2 Å². The Bertz CT molecular complexity index is 299. The predicted octanol–water partition coefficient (Wildman–Crippen LogP) is 1.72. The summed E-state index contributed by atoms with van der Waals surface area (Å²) >= 11 is 0. The van der Waals surface area contributed by atoms with Crippen LogP contribution in [-0.2, 0) is 0 Å². The van der Waals surface area contributed by atoms with Gasteiger partial charge in [-0.1, -0.05) is 12.6 Å². The van der Waals surface area contributed by atoms with Crippen molar-refractivity contribution in [1.29, 1.82) is 0 Å². The highest BCUT2D eigenvalue weighted by Gasteiger charge is 1.96. The summed E-state index contributed by atoms with van der Waals surface area (Å²) in [6, 6.07) is 5.97. The van der Waals surface area contributed by atoms with Gasteiger partial charge in [0.05, 0.1) is 0 Å². The first kappa shape index (κ1) is 9.74. The first-order valence-corrected chi connectivity index (χ1v) is 3.97. The Morgan fingerprint density at radius 1 is 1.54 bits per heavy atom. The fourth-order valence-electron chi connectivity index (χ4n) is 0.801. The van der Waals surface area contributed by atoms with E-state index < -0.39 is 0 Å². The molecule has 2 nitrogen and oxygen atoms in total. The van der Waals surface area contributed by atoms with Gasteiger partial charge in [-0.3, -0.25) is 0 Å². The Labute approximate surface area is 76.8 Å². The van der Waals surface area contributed by atoms with Gasteiger partial charge in [0.15, 0.2) is 0 Å². The maximum absolute atomic E-state index is 12.6. The fourth-order valence-corrected chi connectivity index (χ4v) is 0.801. The smallest absolute Gasteiger partial charge is 0.126 e. The van der Waals surface area contributed by atoms with Crippen LogP contribution in [-0.4, -0.2) is 13.2 Å². The first-order chi connectivity index (χ1) is 6.22. The van der Waals surface area contributed by atoms with Crippen molar-refractivity contribution < 1.29 is 9.13 Å².